The highest BCUT2D eigenvalue weighted by atomic mass is 16.5. The summed E-state index contributed by atoms with van der Waals surface area (Å²) < 4.78 is 4.61. The first-order valence-electron chi connectivity index (χ1n) is 8.78. The molecule has 0 N–H and O–H groups in total. The van der Waals surface area contributed by atoms with Gasteiger partial charge in [0.1, 0.15) is 0 Å². The second-order valence-corrected chi connectivity index (χ2v) is 5.86. The summed E-state index contributed by atoms with van der Waals surface area (Å²) in [4.78, 5) is 35.9. The lowest BCUT2D eigenvalue weighted by molar-refractivity contribution is 0.0593. The molecule has 28 heavy (non-hydrogen) atoms. The molecule has 0 aliphatic carbocycles. The van der Waals surface area contributed by atoms with Crippen LogP contribution in [0, 0.1) is 0 Å². The summed E-state index contributed by atoms with van der Waals surface area (Å²) in [7, 11) is 1.29. The van der Waals surface area contributed by atoms with E-state index in [1.165, 1.54) is 24.3 Å². The Bertz CT molecular complexity index is 941. The smallest absolute Gasteiger partial charge is 0.358 e. The van der Waals surface area contributed by atoms with Crippen LogP contribution in [-0.4, -0.2) is 61.9 Å². The van der Waals surface area contributed by atoms with Crippen molar-refractivity contribution in [2.75, 3.05) is 20.2 Å². The van der Waals surface area contributed by atoms with Crippen LogP contribution in [0.25, 0.3) is 5.69 Å². The molecule has 0 saturated heterocycles. The van der Waals surface area contributed by atoms with E-state index in [9.17, 15) is 9.59 Å². The molecule has 144 valence electrons. The quantitative estimate of drug-likeness (QED) is 0.573. The molecular formula is C19H20N6O3. The Labute approximate surface area is 162 Å². The zero-order chi connectivity index (χ0) is 19.9. The van der Waals surface area contributed by atoms with Gasteiger partial charge in [0, 0.05) is 25.7 Å². The van der Waals surface area contributed by atoms with Crippen molar-refractivity contribution in [3.05, 3.63) is 66.0 Å². The summed E-state index contributed by atoms with van der Waals surface area (Å²) in [5.41, 5.74) is 1.97. The SMILES string of the molecule is CCN(CCc1cnc(C(=O)OC)cn1)C(=O)c1ccccc1-n1nccn1. The number of amides is 1. The number of esters is 1. The number of hydrogen-bond donors (Lipinski definition) is 0. The van der Waals surface area contributed by atoms with Gasteiger partial charge in [-0.25, -0.2) is 9.78 Å². The van der Waals surface area contributed by atoms with Crippen molar-refractivity contribution in [1.29, 1.82) is 0 Å². The fraction of sp³-hybridized carbons (Fsp3) is 0.263. The average molecular weight is 380 g/mol. The van der Waals surface area contributed by atoms with Crippen LogP contribution in [-0.2, 0) is 11.2 Å². The first kappa shape index (κ1) is 19.2. The number of benzene rings is 1. The van der Waals surface area contributed by atoms with Crippen LogP contribution in [0.3, 0.4) is 0 Å². The maximum Gasteiger partial charge on any atom is 0.358 e. The molecular weight excluding hydrogens is 360 g/mol. The molecule has 3 rings (SSSR count). The van der Waals surface area contributed by atoms with Gasteiger partial charge in [0.2, 0.25) is 0 Å². The number of hydrogen-bond acceptors (Lipinski definition) is 7. The Balaban J connectivity index is 1.72. The maximum atomic E-state index is 13.1. The standard InChI is InChI=1S/C19H20N6O3/c1-3-24(11-8-14-12-21-16(13-20-14)19(27)28-2)18(26)15-6-4-5-7-17(15)25-22-9-10-23-25/h4-7,9-10,12-13H,3,8,11H2,1-2H3. The van der Waals surface area contributed by atoms with E-state index in [2.05, 4.69) is 24.9 Å². The molecule has 0 saturated carbocycles. The highest BCUT2D eigenvalue weighted by molar-refractivity contribution is 5.97. The lowest BCUT2D eigenvalue weighted by atomic mass is 10.1. The molecule has 9 nitrogen and oxygen atoms in total. The van der Waals surface area contributed by atoms with Gasteiger partial charge in [0.25, 0.3) is 5.91 Å². The second kappa shape index (κ2) is 8.85. The largest absolute Gasteiger partial charge is 0.464 e. The topological polar surface area (TPSA) is 103 Å². The molecule has 0 aliphatic rings. The number of carbonyl (C=O) groups is 2. The number of ether oxygens (including phenoxy) is 1. The van der Waals surface area contributed by atoms with Crippen LogP contribution < -0.4 is 0 Å². The van der Waals surface area contributed by atoms with Crippen LogP contribution >= 0.6 is 0 Å². The fourth-order valence-electron chi connectivity index (χ4n) is 2.69. The summed E-state index contributed by atoms with van der Waals surface area (Å²) in [6.07, 6.45) is 6.53. The van der Waals surface area contributed by atoms with E-state index < -0.39 is 5.97 Å². The molecule has 2 heterocycles. The number of rotatable bonds is 7. The minimum absolute atomic E-state index is 0.116. The normalized spacial score (nSPS) is 10.5. The molecule has 0 unspecified atom stereocenters. The lowest BCUT2D eigenvalue weighted by Crippen LogP contribution is -2.33. The Kier molecular flexibility index (Phi) is 6.05. The lowest BCUT2D eigenvalue weighted by Gasteiger charge is -2.22. The molecule has 0 radical (unpaired) electrons. The minimum Gasteiger partial charge on any atom is -0.464 e. The maximum absolute atomic E-state index is 13.1. The Morgan fingerprint density at radius 3 is 2.50 bits per heavy atom. The van der Waals surface area contributed by atoms with Crippen molar-refractivity contribution in [1.82, 2.24) is 29.9 Å². The number of para-hydroxylation sites is 1. The third kappa shape index (κ3) is 4.20. The van der Waals surface area contributed by atoms with Crippen molar-refractivity contribution in [3.8, 4) is 5.69 Å². The number of nitrogens with zero attached hydrogens (tertiary/aromatic N) is 6. The van der Waals surface area contributed by atoms with Crippen LogP contribution in [0.15, 0.2) is 49.1 Å². The Hall–Kier alpha value is -3.62. The number of carbonyl (C=O) groups excluding carboxylic acids is 2. The number of likely N-dealkylation sites (N-methyl/N-ethyl adjacent to an activating group) is 1. The van der Waals surface area contributed by atoms with Crippen molar-refractivity contribution < 1.29 is 14.3 Å². The summed E-state index contributed by atoms with van der Waals surface area (Å²) in [6, 6.07) is 7.21. The molecule has 0 atom stereocenters. The fourth-order valence-corrected chi connectivity index (χ4v) is 2.69. The van der Waals surface area contributed by atoms with E-state index in [0.29, 0.717) is 36.5 Å². The number of methoxy groups -OCH3 is 1. The molecule has 2 aromatic heterocycles. The zero-order valence-electron chi connectivity index (χ0n) is 15.6. The van der Waals surface area contributed by atoms with Crippen molar-refractivity contribution in [2.24, 2.45) is 0 Å². The molecule has 1 amide bonds. The summed E-state index contributed by atoms with van der Waals surface area (Å²) in [5.74, 6) is -0.650. The molecule has 3 aromatic rings. The highest BCUT2D eigenvalue weighted by Gasteiger charge is 2.19. The van der Waals surface area contributed by atoms with Gasteiger partial charge in [-0.1, -0.05) is 12.1 Å². The number of aromatic nitrogens is 5. The predicted molar refractivity (Wildman–Crippen MR) is 100 cm³/mol. The van der Waals surface area contributed by atoms with Gasteiger partial charge in [-0.2, -0.15) is 15.0 Å². The first-order chi connectivity index (χ1) is 13.6. The van der Waals surface area contributed by atoms with Crippen LogP contribution in [0.1, 0.15) is 33.5 Å². The van der Waals surface area contributed by atoms with Gasteiger partial charge in [0.15, 0.2) is 5.69 Å². The van der Waals surface area contributed by atoms with Gasteiger partial charge in [-0.15, -0.1) is 0 Å². The van der Waals surface area contributed by atoms with E-state index in [0.717, 1.165) is 0 Å². The molecule has 9 heteroatoms. The van der Waals surface area contributed by atoms with E-state index in [-0.39, 0.29) is 11.6 Å². The molecule has 0 aliphatic heterocycles. The Morgan fingerprint density at radius 2 is 1.86 bits per heavy atom. The van der Waals surface area contributed by atoms with Gasteiger partial charge >= 0.3 is 5.97 Å². The van der Waals surface area contributed by atoms with Crippen LogP contribution in [0.4, 0.5) is 0 Å². The third-order valence-corrected chi connectivity index (χ3v) is 4.18. The van der Waals surface area contributed by atoms with Crippen molar-refractivity contribution >= 4 is 11.9 Å². The molecule has 0 fully saturated rings. The van der Waals surface area contributed by atoms with Crippen LogP contribution in [0.2, 0.25) is 0 Å². The average Bonchev–Trinajstić information content (AvgIpc) is 3.28. The predicted octanol–water partition coefficient (Wildman–Crippen LogP) is 1.55. The van der Waals surface area contributed by atoms with E-state index >= 15 is 0 Å². The second-order valence-electron chi connectivity index (χ2n) is 5.86. The van der Waals surface area contributed by atoms with Gasteiger partial charge in [0.05, 0.1) is 42.6 Å². The zero-order valence-corrected chi connectivity index (χ0v) is 15.6. The summed E-state index contributed by atoms with van der Waals surface area (Å²) in [6.45, 7) is 2.91. The van der Waals surface area contributed by atoms with Crippen LogP contribution in [0.5, 0.6) is 0 Å². The summed E-state index contributed by atoms with van der Waals surface area (Å²) >= 11 is 0. The minimum atomic E-state index is -0.534. The first-order valence-corrected chi connectivity index (χ1v) is 8.78. The van der Waals surface area contributed by atoms with E-state index in [4.69, 9.17) is 0 Å². The molecule has 1 aromatic carbocycles. The molecule has 0 bridgehead atoms. The Morgan fingerprint density at radius 1 is 1.11 bits per heavy atom. The van der Waals surface area contributed by atoms with Crippen molar-refractivity contribution in [3.63, 3.8) is 0 Å². The van der Waals surface area contributed by atoms with Gasteiger partial charge in [-0.3, -0.25) is 9.78 Å². The monoisotopic (exact) mass is 380 g/mol. The van der Waals surface area contributed by atoms with E-state index in [1.807, 2.05) is 19.1 Å². The van der Waals surface area contributed by atoms with E-state index in [1.54, 1.807) is 29.4 Å². The third-order valence-electron chi connectivity index (χ3n) is 4.18. The van der Waals surface area contributed by atoms with Gasteiger partial charge < -0.3 is 9.64 Å². The van der Waals surface area contributed by atoms with Gasteiger partial charge in [-0.05, 0) is 19.1 Å². The molecule has 0 spiro atoms. The van der Waals surface area contributed by atoms with Crippen molar-refractivity contribution in [2.45, 2.75) is 13.3 Å². The summed E-state index contributed by atoms with van der Waals surface area (Å²) in [5, 5.41) is 8.23. The highest BCUT2D eigenvalue weighted by Crippen LogP contribution is 2.15.